The zero-order valence-corrected chi connectivity index (χ0v) is 11.5. The second-order valence-corrected chi connectivity index (χ2v) is 5.95. The van der Waals surface area contributed by atoms with Crippen LogP contribution in [0.15, 0.2) is 5.16 Å². The van der Waals surface area contributed by atoms with Gasteiger partial charge in [-0.15, -0.1) is 10.2 Å². The maximum absolute atomic E-state index is 12.3. The molecule has 8 heteroatoms. The third kappa shape index (κ3) is 3.42. The van der Waals surface area contributed by atoms with Gasteiger partial charge < -0.3 is 9.67 Å². The number of alkyl halides is 3. The van der Waals surface area contributed by atoms with Gasteiger partial charge in [0.2, 0.25) is 0 Å². The molecule has 0 amide bonds. The lowest BCUT2D eigenvalue weighted by atomic mass is 10.2. The van der Waals surface area contributed by atoms with Gasteiger partial charge in [0, 0.05) is 17.7 Å². The fourth-order valence-electron chi connectivity index (χ4n) is 1.70. The minimum atomic E-state index is -4.59. The number of hydrogen-bond donors (Lipinski definition) is 1. The summed E-state index contributed by atoms with van der Waals surface area (Å²) in [6.07, 6.45) is -4.90. The van der Waals surface area contributed by atoms with Gasteiger partial charge >= 0.3 is 6.18 Å². The fourth-order valence-corrected chi connectivity index (χ4v) is 2.68. The molecular formula is C11H16F3N3OS. The number of aliphatic hydroxyl groups is 1. The van der Waals surface area contributed by atoms with Crippen molar-refractivity contribution in [3.8, 4) is 0 Å². The molecule has 1 saturated carbocycles. The van der Waals surface area contributed by atoms with Crippen LogP contribution in [0.2, 0.25) is 0 Å². The zero-order valence-electron chi connectivity index (χ0n) is 10.7. The quantitative estimate of drug-likeness (QED) is 0.849. The van der Waals surface area contributed by atoms with Crippen LogP contribution in [-0.4, -0.2) is 37.9 Å². The molecule has 4 nitrogen and oxygen atoms in total. The molecule has 1 aliphatic rings. The monoisotopic (exact) mass is 295 g/mol. The van der Waals surface area contributed by atoms with Crippen LogP contribution < -0.4 is 0 Å². The molecule has 0 spiro atoms. The average molecular weight is 295 g/mol. The van der Waals surface area contributed by atoms with Crippen molar-refractivity contribution in [1.29, 1.82) is 0 Å². The van der Waals surface area contributed by atoms with Crippen molar-refractivity contribution in [1.82, 2.24) is 14.8 Å². The molecule has 1 aliphatic carbocycles. The lowest BCUT2D eigenvalue weighted by molar-refractivity contribution is -0.195. The SMILES string of the molecule is CC(C)c1nnc(SC[C@H](O)C(F)(F)F)n1C1CC1. The molecule has 1 N–H and O–H groups in total. The Labute approximate surface area is 113 Å². The maximum Gasteiger partial charge on any atom is 0.415 e. The normalized spacial score (nSPS) is 18.1. The van der Waals surface area contributed by atoms with E-state index in [0.29, 0.717) is 11.2 Å². The predicted molar refractivity (Wildman–Crippen MR) is 65.2 cm³/mol. The van der Waals surface area contributed by atoms with E-state index >= 15 is 0 Å². The highest BCUT2D eigenvalue weighted by atomic mass is 32.2. The number of hydrogen-bond acceptors (Lipinski definition) is 4. The number of aliphatic hydroxyl groups excluding tert-OH is 1. The van der Waals surface area contributed by atoms with Gasteiger partial charge in [0.1, 0.15) is 5.82 Å². The van der Waals surface area contributed by atoms with E-state index in [1.54, 1.807) is 0 Å². The molecule has 1 atom stereocenters. The number of aromatic nitrogens is 3. The van der Waals surface area contributed by atoms with Crippen LogP contribution in [0.1, 0.15) is 44.5 Å². The summed E-state index contributed by atoms with van der Waals surface area (Å²) in [4.78, 5) is 0. The van der Waals surface area contributed by atoms with Gasteiger partial charge in [0.25, 0.3) is 0 Å². The summed E-state index contributed by atoms with van der Waals surface area (Å²) in [6.45, 7) is 3.95. The Morgan fingerprint density at radius 3 is 2.47 bits per heavy atom. The van der Waals surface area contributed by atoms with E-state index in [-0.39, 0.29) is 5.92 Å². The first kappa shape index (κ1) is 14.6. The lowest BCUT2D eigenvalue weighted by Crippen LogP contribution is -2.30. The highest BCUT2D eigenvalue weighted by Crippen LogP contribution is 2.40. The van der Waals surface area contributed by atoms with Gasteiger partial charge in [-0.1, -0.05) is 25.6 Å². The Bertz CT molecular complexity index is 443. The minimum Gasteiger partial charge on any atom is -0.383 e. The summed E-state index contributed by atoms with van der Waals surface area (Å²) in [5.41, 5.74) is 0. The molecule has 0 unspecified atom stereocenters. The van der Waals surface area contributed by atoms with Crippen molar-refractivity contribution in [3.63, 3.8) is 0 Å². The van der Waals surface area contributed by atoms with Gasteiger partial charge in [-0.2, -0.15) is 13.2 Å². The van der Waals surface area contributed by atoms with Crippen LogP contribution in [0.3, 0.4) is 0 Å². The molecule has 0 aliphatic heterocycles. The van der Waals surface area contributed by atoms with Crippen LogP contribution in [0.4, 0.5) is 13.2 Å². The molecule has 1 aromatic rings. The van der Waals surface area contributed by atoms with Crippen molar-refractivity contribution < 1.29 is 18.3 Å². The van der Waals surface area contributed by atoms with Gasteiger partial charge in [0.05, 0.1) is 0 Å². The third-order valence-corrected chi connectivity index (χ3v) is 3.89. The Balaban J connectivity index is 2.08. The van der Waals surface area contributed by atoms with Crippen LogP contribution in [0.5, 0.6) is 0 Å². The molecule has 2 rings (SSSR count). The maximum atomic E-state index is 12.3. The number of nitrogens with zero attached hydrogens (tertiary/aromatic N) is 3. The van der Waals surface area contributed by atoms with Crippen molar-refractivity contribution in [2.45, 2.75) is 56.1 Å². The van der Waals surface area contributed by atoms with Gasteiger partial charge in [-0.3, -0.25) is 0 Å². The zero-order chi connectivity index (χ0) is 14.2. The van der Waals surface area contributed by atoms with Gasteiger partial charge in [0.15, 0.2) is 11.3 Å². The van der Waals surface area contributed by atoms with E-state index in [9.17, 15) is 13.2 Å². The summed E-state index contributed by atoms with van der Waals surface area (Å²) >= 11 is 0.908. The minimum absolute atomic E-state index is 0.176. The summed E-state index contributed by atoms with van der Waals surface area (Å²) in [5, 5.41) is 17.5. The van der Waals surface area contributed by atoms with E-state index in [4.69, 9.17) is 5.11 Å². The summed E-state index contributed by atoms with van der Waals surface area (Å²) in [5.74, 6) is 0.522. The third-order valence-electron chi connectivity index (χ3n) is 2.87. The number of rotatable bonds is 5. The van der Waals surface area contributed by atoms with E-state index < -0.39 is 18.0 Å². The molecular weight excluding hydrogens is 279 g/mol. The van der Waals surface area contributed by atoms with Gasteiger partial charge in [-0.05, 0) is 12.8 Å². The standard InChI is InChI=1S/C11H16F3N3OS/c1-6(2)9-15-16-10(17(9)7-3-4-7)19-5-8(18)11(12,13)14/h6-8,18H,3-5H2,1-2H3/t8-/m0/s1. The molecule has 1 heterocycles. The van der Waals surface area contributed by atoms with Crippen molar-refractivity contribution in [3.05, 3.63) is 5.82 Å². The molecule has 0 radical (unpaired) electrons. The molecule has 1 aromatic heterocycles. The Morgan fingerprint density at radius 1 is 1.37 bits per heavy atom. The van der Waals surface area contributed by atoms with E-state index in [1.807, 2.05) is 18.4 Å². The van der Waals surface area contributed by atoms with Crippen LogP contribution in [-0.2, 0) is 0 Å². The van der Waals surface area contributed by atoms with Crippen molar-refractivity contribution in [2.75, 3.05) is 5.75 Å². The van der Waals surface area contributed by atoms with E-state index in [2.05, 4.69) is 10.2 Å². The van der Waals surface area contributed by atoms with E-state index in [0.717, 1.165) is 30.4 Å². The summed E-state index contributed by atoms with van der Waals surface area (Å²) in [6, 6.07) is 0.304. The summed E-state index contributed by atoms with van der Waals surface area (Å²) < 4.78 is 38.7. The highest BCUT2D eigenvalue weighted by Gasteiger charge is 2.39. The van der Waals surface area contributed by atoms with Crippen molar-refractivity contribution >= 4 is 11.8 Å². The fraction of sp³-hybridized carbons (Fsp3) is 0.818. The number of halogens is 3. The Morgan fingerprint density at radius 2 is 2.00 bits per heavy atom. The number of thioether (sulfide) groups is 1. The second-order valence-electron chi connectivity index (χ2n) is 4.97. The average Bonchev–Trinajstić information content (AvgIpc) is 3.04. The topological polar surface area (TPSA) is 50.9 Å². The first-order chi connectivity index (χ1) is 8.80. The molecule has 108 valence electrons. The van der Waals surface area contributed by atoms with E-state index in [1.165, 1.54) is 0 Å². The first-order valence-corrected chi connectivity index (χ1v) is 7.11. The predicted octanol–water partition coefficient (Wildman–Crippen LogP) is 2.75. The van der Waals surface area contributed by atoms with Crippen LogP contribution in [0.25, 0.3) is 0 Å². The highest BCUT2D eigenvalue weighted by molar-refractivity contribution is 7.99. The van der Waals surface area contributed by atoms with Crippen LogP contribution in [0, 0.1) is 0 Å². The molecule has 0 aromatic carbocycles. The first-order valence-electron chi connectivity index (χ1n) is 6.13. The van der Waals surface area contributed by atoms with Crippen LogP contribution >= 0.6 is 11.8 Å². The largest absolute Gasteiger partial charge is 0.415 e. The molecule has 19 heavy (non-hydrogen) atoms. The Kier molecular flexibility index (Phi) is 4.10. The lowest BCUT2D eigenvalue weighted by Gasteiger charge is -2.14. The van der Waals surface area contributed by atoms with Gasteiger partial charge in [-0.25, -0.2) is 0 Å². The van der Waals surface area contributed by atoms with Crippen molar-refractivity contribution in [2.24, 2.45) is 0 Å². The molecule has 1 fully saturated rings. The summed E-state index contributed by atoms with van der Waals surface area (Å²) in [7, 11) is 0. The Hall–Kier alpha value is -0.760. The molecule has 0 saturated heterocycles. The molecule has 0 bridgehead atoms. The second kappa shape index (κ2) is 5.32. The smallest absolute Gasteiger partial charge is 0.383 e.